The largest absolute Gasteiger partial charge is 0.481 e. The van der Waals surface area contributed by atoms with E-state index in [1.54, 1.807) is 36.1 Å². The zero-order valence-electron chi connectivity index (χ0n) is 17.2. The van der Waals surface area contributed by atoms with Crippen molar-refractivity contribution in [3.63, 3.8) is 0 Å². The number of sulfone groups is 1. The van der Waals surface area contributed by atoms with Crippen LogP contribution in [0.1, 0.15) is 30.0 Å². The van der Waals surface area contributed by atoms with Gasteiger partial charge >= 0.3 is 0 Å². The van der Waals surface area contributed by atoms with E-state index in [4.69, 9.17) is 27.9 Å². The maximum atomic E-state index is 13.3. The van der Waals surface area contributed by atoms with Gasteiger partial charge in [0, 0.05) is 22.6 Å². The summed E-state index contributed by atoms with van der Waals surface area (Å²) in [6.45, 7) is 5.73. The summed E-state index contributed by atoms with van der Waals surface area (Å²) in [5.41, 5.74) is 2.61. The Kier molecular flexibility index (Phi) is 7.00. The summed E-state index contributed by atoms with van der Waals surface area (Å²) in [4.78, 5) is 14.9. The number of halogens is 2. The zero-order chi connectivity index (χ0) is 22.1. The normalized spacial score (nSPS) is 18.8. The van der Waals surface area contributed by atoms with Crippen molar-refractivity contribution in [2.75, 3.05) is 11.5 Å². The monoisotopic (exact) mass is 469 g/mol. The molecule has 2 unspecified atom stereocenters. The molecule has 1 heterocycles. The molecule has 0 spiro atoms. The highest BCUT2D eigenvalue weighted by atomic mass is 35.5. The molecule has 1 fully saturated rings. The molecule has 0 aromatic heterocycles. The van der Waals surface area contributed by atoms with Gasteiger partial charge in [-0.1, -0.05) is 35.3 Å². The number of ether oxygens (including phenoxy) is 1. The molecule has 0 N–H and O–H groups in total. The smallest absolute Gasteiger partial charge is 0.263 e. The van der Waals surface area contributed by atoms with Crippen LogP contribution in [0.4, 0.5) is 0 Å². The molecular weight excluding hydrogens is 445 g/mol. The summed E-state index contributed by atoms with van der Waals surface area (Å²) in [6.07, 6.45) is -0.353. The van der Waals surface area contributed by atoms with Crippen molar-refractivity contribution >= 4 is 38.9 Å². The fourth-order valence-corrected chi connectivity index (χ4v) is 5.62. The average molecular weight is 470 g/mol. The standard InChI is InChI=1S/C22H25Cl2NO4S/c1-14-10-20(11-15(2)21(14)24)29-16(3)22(26)25(19-8-9-30(27,28)13-19)12-17-4-6-18(23)7-5-17/h4-7,10-11,16,19H,8-9,12-13H2,1-3H3. The van der Waals surface area contributed by atoms with E-state index in [1.165, 1.54) is 0 Å². The average Bonchev–Trinajstić information content (AvgIpc) is 3.04. The van der Waals surface area contributed by atoms with Crippen LogP contribution in [0.2, 0.25) is 10.0 Å². The lowest BCUT2D eigenvalue weighted by Gasteiger charge is -2.31. The van der Waals surface area contributed by atoms with E-state index < -0.39 is 15.9 Å². The van der Waals surface area contributed by atoms with Gasteiger partial charge in [0.1, 0.15) is 5.75 Å². The third-order valence-electron chi connectivity index (χ3n) is 5.27. The van der Waals surface area contributed by atoms with E-state index in [0.717, 1.165) is 16.7 Å². The van der Waals surface area contributed by atoms with Crippen LogP contribution < -0.4 is 4.74 Å². The first-order valence-corrected chi connectivity index (χ1v) is 12.3. The van der Waals surface area contributed by atoms with Crippen molar-refractivity contribution in [3.05, 3.63) is 63.1 Å². The SMILES string of the molecule is Cc1cc(OC(C)C(=O)N(Cc2ccc(Cl)cc2)C2CCS(=O)(=O)C2)cc(C)c1Cl. The number of nitrogens with zero attached hydrogens (tertiary/aromatic N) is 1. The molecule has 2 aromatic rings. The molecule has 0 radical (unpaired) electrons. The lowest BCUT2D eigenvalue weighted by Crippen LogP contribution is -2.46. The molecular formula is C22H25Cl2NO4S. The number of benzene rings is 2. The fourth-order valence-electron chi connectivity index (χ4n) is 3.66. The maximum Gasteiger partial charge on any atom is 0.263 e. The van der Waals surface area contributed by atoms with Gasteiger partial charge in [-0.2, -0.15) is 0 Å². The molecule has 3 rings (SSSR count). The van der Waals surface area contributed by atoms with Crippen molar-refractivity contribution in [2.24, 2.45) is 0 Å². The summed E-state index contributed by atoms with van der Waals surface area (Å²) in [5.74, 6) is 0.364. The summed E-state index contributed by atoms with van der Waals surface area (Å²) in [5, 5.41) is 1.27. The predicted octanol–water partition coefficient (Wildman–Crippen LogP) is 4.59. The Hall–Kier alpha value is -1.76. The van der Waals surface area contributed by atoms with Gasteiger partial charge in [0.2, 0.25) is 0 Å². The van der Waals surface area contributed by atoms with Crippen molar-refractivity contribution in [1.29, 1.82) is 0 Å². The summed E-state index contributed by atoms with van der Waals surface area (Å²) >= 11 is 12.2. The topological polar surface area (TPSA) is 63.7 Å². The number of carbonyl (C=O) groups excluding carboxylic acids is 1. The Morgan fingerprint density at radius 2 is 1.77 bits per heavy atom. The second-order valence-corrected chi connectivity index (χ2v) is 10.8. The fraction of sp³-hybridized carbons (Fsp3) is 0.409. The molecule has 162 valence electrons. The quantitative estimate of drug-likeness (QED) is 0.620. The minimum Gasteiger partial charge on any atom is -0.481 e. The number of aryl methyl sites for hydroxylation is 2. The van der Waals surface area contributed by atoms with Gasteiger partial charge in [-0.25, -0.2) is 8.42 Å². The Balaban J connectivity index is 1.82. The van der Waals surface area contributed by atoms with E-state index in [9.17, 15) is 13.2 Å². The van der Waals surface area contributed by atoms with Crippen molar-refractivity contribution < 1.29 is 17.9 Å². The van der Waals surface area contributed by atoms with Crippen LogP contribution in [0.5, 0.6) is 5.75 Å². The third kappa shape index (κ3) is 5.48. The van der Waals surface area contributed by atoms with Crippen LogP contribution in [-0.2, 0) is 21.2 Å². The lowest BCUT2D eigenvalue weighted by molar-refractivity contribution is -0.140. The van der Waals surface area contributed by atoms with Crippen molar-refractivity contribution in [3.8, 4) is 5.75 Å². The summed E-state index contributed by atoms with van der Waals surface area (Å²) in [7, 11) is -3.14. The second kappa shape index (κ2) is 9.16. The zero-order valence-corrected chi connectivity index (χ0v) is 19.5. The van der Waals surface area contributed by atoms with Gasteiger partial charge in [-0.05, 0) is 68.1 Å². The minimum atomic E-state index is -3.14. The second-order valence-electron chi connectivity index (χ2n) is 7.78. The van der Waals surface area contributed by atoms with E-state index in [0.29, 0.717) is 28.8 Å². The summed E-state index contributed by atoms with van der Waals surface area (Å²) < 4.78 is 30.0. The Labute approximate surface area is 187 Å². The van der Waals surface area contributed by atoms with Crippen LogP contribution in [0.15, 0.2) is 36.4 Å². The number of hydrogen-bond donors (Lipinski definition) is 0. The first-order valence-electron chi connectivity index (χ1n) is 9.74. The molecule has 8 heteroatoms. The molecule has 1 aliphatic heterocycles. The summed E-state index contributed by atoms with van der Waals surface area (Å²) in [6, 6.07) is 10.4. The molecule has 0 bridgehead atoms. The highest BCUT2D eigenvalue weighted by Gasteiger charge is 2.36. The molecule has 0 saturated carbocycles. The third-order valence-corrected chi connectivity index (χ3v) is 7.87. The first kappa shape index (κ1) is 22.9. The lowest BCUT2D eigenvalue weighted by atomic mass is 10.1. The van der Waals surface area contributed by atoms with Crippen molar-refractivity contribution in [2.45, 2.75) is 45.9 Å². The molecule has 1 aliphatic rings. The predicted molar refractivity (Wildman–Crippen MR) is 120 cm³/mol. The Morgan fingerprint density at radius 3 is 2.30 bits per heavy atom. The molecule has 30 heavy (non-hydrogen) atoms. The van der Waals surface area contributed by atoms with Crippen molar-refractivity contribution in [1.82, 2.24) is 4.90 Å². The van der Waals surface area contributed by atoms with Gasteiger partial charge in [0.15, 0.2) is 15.9 Å². The molecule has 1 saturated heterocycles. The van der Waals surface area contributed by atoms with Gasteiger partial charge in [0.25, 0.3) is 5.91 Å². The molecule has 5 nitrogen and oxygen atoms in total. The molecule has 2 atom stereocenters. The molecule has 0 aliphatic carbocycles. The van der Waals surface area contributed by atoms with E-state index in [1.807, 2.05) is 26.0 Å². The minimum absolute atomic E-state index is 0.0296. The van der Waals surface area contributed by atoms with Gasteiger partial charge in [-0.15, -0.1) is 0 Å². The Bertz CT molecular complexity index is 1010. The van der Waals surface area contributed by atoms with E-state index >= 15 is 0 Å². The highest BCUT2D eigenvalue weighted by Crippen LogP contribution is 2.27. The number of amides is 1. The van der Waals surface area contributed by atoms with E-state index in [2.05, 4.69) is 0 Å². The van der Waals surface area contributed by atoms with Crippen LogP contribution >= 0.6 is 23.2 Å². The molecule has 1 amide bonds. The Morgan fingerprint density at radius 1 is 1.17 bits per heavy atom. The van der Waals surface area contributed by atoms with Crippen LogP contribution in [0.3, 0.4) is 0 Å². The van der Waals surface area contributed by atoms with E-state index in [-0.39, 0.29) is 23.5 Å². The highest BCUT2D eigenvalue weighted by molar-refractivity contribution is 7.91. The number of rotatable bonds is 6. The number of carbonyl (C=O) groups is 1. The first-order chi connectivity index (χ1) is 14.1. The molecule has 2 aromatic carbocycles. The number of hydrogen-bond acceptors (Lipinski definition) is 4. The van der Waals surface area contributed by atoms with Crippen LogP contribution in [0.25, 0.3) is 0 Å². The van der Waals surface area contributed by atoms with Gasteiger partial charge in [0.05, 0.1) is 11.5 Å². The van der Waals surface area contributed by atoms with Gasteiger partial charge < -0.3 is 9.64 Å². The van der Waals surface area contributed by atoms with Gasteiger partial charge in [-0.3, -0.25) is 4.79 Å². The van der Waals surface area contributed by atoms with Crippen LogP contribution in [-0.4, -0.2) is 42.9 Å². The van der Waals surface area contributed by atoms with Crippen LogP contribution in [0, 0.1) is 13.8 Å². The maximum absolute atomic E-state index is 13.3.